The van der Waals surface area contributed by atoms with Gasteiger partial charge >= 0.3 is 0 Å². The van der Waals surface area contributed by atoms with E-state index in [9.17, 15) is 0 Å². The number of methoxy groups -OCH3 is 3. The Hall–Kier alpha value is -1.46. The summed E-state index contributed by atoms with van der Waals surface area (Å²) in [4.78, 5) is 0. The van der Waals surface area contributed by atoms with E-state index in [0.717, 1.165) is 24.9 Å². The van der Waals surface area contributed by atoms with Gasteiger partial charge in [0.2, 0.25) is 0 Å². The Morgan fingerprint density at radius 2 is 1.68 bits per heavy atom. The Labute approximate surface area is 115 Å². The topological polar surface area (TPSA) is 65.7 Å². The zero-order chi connectivity index (χ0) is 14.3. The van der Waals surface area contributed by atoms with Crippen LogP contribution in [0.25, 0.3) is 0 Å². The second-order valence-electron chi connectivity index (χ2n) is 4.30. The van der Waals surface area contributed by atoms with E-state index >= 15 is 0 Å². The average molecular weight is 268 g/mol. The van der Waals surface area contributed by atoms with Crippen molar-refractivity contribution in [2.75, 3.05) is 34.9 Å². The summed E-state index contributed by atoms with van der Waals surface area (Å²) >= 11 is 0. The standard InChI is InChI=1S/C14H24N2O3/c1-16-7-5-6-11(15)14-12(18-3)8-10(17-2)9-13(14)19-4/h8-9,11,16H,5-7,15H2,1-4H3. The fraction of sp³-hybridized carbons (Fsp3) is 0.571. The molecule has 0 bridgehead atoms. The first-order valence-corrected chi connectivity index (χ1v) is 6.38. The van der Waals surface area contributed by atoms with Crippen LogP contribution in [-0.2, 0) is 0 Å². The van der Waals surface area contributed by atoms with Crippen LogP contribution in [-0.4, -0.2) is 34.9 Å². The molecule has 0 saturated heterocycles. The van der Waals surface area contributed by atoms with Gasteiger partial charge in [-0.25, -0.2) is 0 Å². The minimum Gasteiger partial charge on any atom is -0.496 e. The highest BCUT2D eigenvalue weighted by atomic mass is 16.5. The third kappa shape index (κ3) is 4.01. The number of nitrogens with two attached hydrogens (primary N) is 1. The van der Waals surface area contributed by atoms with Gasteiger partial charge in [0.1, 0.15) is 17.2 Å². The van der Waals surface area contributed by atoms with Crippen LogP contribution < -0.4 is 25.3 Å². The highest BCUT2D eigenvalue weighted by molar-refractivity contribution is 5.52. The number of rotatable bonds is 8. The molecule has 5 nitrogen and oxygen atoms in total. The molecule has 0 fully saturated rings. The molecule has 108 valence electrons. The van der Waals surface area contributed by atoms with E-state index in [1.54, 1.807) is 21.3 Å². The molecule has 0 aliphatic carbocycles. The first-order valence-electron chi connectivity index (χ1n) is 6.38. The predicted octanol–water partition coefficient (Wildman–Crippen LogP) is 1.71. The minimum absolute atomic E-state index is 0.121. The lowest BCUT2D eigenvalue weighted by Crippen LogP contribution is -2.16. The van der Waals surface area contributed by atoms with Gasteiger partial charge in [-0.05, 0) is 26.4 Å². The summed E-state index contributed by atoms with van der Waals surface area (Å²) < 4.78 is 16.0. The minimum atomic E-state index is -0.121. The third-order valence-corrected chi connectivity index (χ3v) is 3.07. The van der Waals surface area contributed by atoms with Crippen molar-refractivity contribution in [2.45, 2.75) is 18.9 Å². The number of hydrogen-bond acceptors (Lipinski definition) is 5. The molecule has 0 aliphatic heterocycles. The normalized spacial score (nSPS) is 12.1. The Kier molecular flexibility index (Phi) is 6.45. The van der Waals surface area contributed by atoms with Crippen molar-refractivity contribution >= 4 is 0 Å². The largest absolute Gasteiger partial charge is 0.496 e. The van der Waals surface area contributed by atoms with Crippen molar-refractivity contribution in [3.05, 3.63) is 17.7 Å². The van der Waals surface area contributed by atoms with Gasteiger partial charge < -0.3 is 25.3 Å². The maximum atomic E-state index is 6.25. The fourth-order valence-corrected chi connectivity index (χ4v) is 2.04. The van der Waals surface area contributed by atoms with Crippen LogP contribution in [0.15, 0.2) is 12.1 Å². The van der Waals surface area contributed by atoms with E-state index in [0.29, 0.717) is 17.2 Å². The van der Waals surface area contributed by atoms with E-state index in [-0.39, 0.29) is 6.04 Å². The number of hydrogen-bond donors (Lipinski definition) is 2. The Balaban J connectivity index is 3.02. The van der Waals surface area contributed by atoms with Crippen LogP contribution in [0.1, 0.15) is 24.4 Å². The highest BCUT2D eigenvalue weighted by Gasteiger charge is 2.19. The zero-order valence-corrected chi connectivity index (χ0v) is 12.2. The monoisotopic (exact) mass is 268 g/mol. The molecule has 0 spiro atoms. The Morgan fingerprint density at radius 3 is 2.11 bits per heavy atom. The predicted molar refractivity (Wildman–Crippen MR) is 76.2 cm³/mol. The molecule has 19 heavy (non-hydrogen) atoms. The second kappa shape index (κ2) is 7.86. The second-order valence-corrected chi connectivity index (χ2v) is 4.30. The highest BCUT2D eigenvalue weighted by Crippen LogP contribution is 2.38. The molecule has 0 heterocycles. The average Bonchev–Trinajstić information content (AvgIpc) is 2.45. The SMILES string of the molecule is CNCCCC(N)c1c(OC)cc(OC)cc1OC. The van der Waals surface area contributed by atoms with Crippen molar-refractivity contribution in [1.82, 2.24) is 5.32 Å². The number of ether oxygens (including phenoxy) is 3. The van der Waals surface area contributed by atoms with Gasteiger partial charge in [0, 0.05) is 18.2 Å². The van der Waals surface area contributed by atoms with Crippen LogP contribution in [0.2, 0.25) is 0 Å². The molecule has 1 rings (SSSR count). The summed E-state index contributed by atoms with van der Waals surface area (Å²) in [6, 6.07) is 3.54. The molecular weight excluding hydrogens is 244 g/mol. The zero-order valence-electron chi connectivity index (χ0n) is 12.2. The summed E-state index contributed by atoms with van der Waals surface area (Å²) in [5, 5.41) is 3.11. The van der Waals surface area contributed by atoms with Crippen molar-refractivity contribution in [3.8, 4) is 17.2 Å². The summed E-state index contributed by atoms with van der Waals surface area (Å²) in [6.07, 6.45) is 1.86. The molecule has 5 heteroatoms. The van der Waals surface area contributed by atoms with Gasteiger partial charge in [0.25, 0.3) is 0 Å². The molecule has 0 aliphatic rings. The maximum Gasteiger partial charge on any atom is 0.131 e. The molecule has 3 N–H and O–H groups in total. The smallest absolute Gasteiger partial charge is 0.131 e. The number of benzene rings is 1. The lowest BCUT2D eigenvalue weighted by molar-refractivity contribution is 0.362. The van der Waals surface area contributed by atoms with Gasteiger partial charge in [-0.15, -0.1) is 0 Å². The van der Waals surface area contributed by atoms with Gasteiger partial charge in [-0.2, -0.15) is 0 Å². The van der Waals surface area contributed by atoms with Crippen molar-refractivity contribution in [1.29, 1.82) is 0 Å². The first-order chi connectivity index (χ1) is 9.17. The Bertz CT molecular complexity index is 371. The van der Waals surface area contributed by atoms with Crippen LogP contribution in [0.3, 0.4) is 0 Å². The van der Waals surface area contributed by atoms with E-state index < -0.39 is 0 Å². The van der Waals surface area contributed by atoms with Crippen molar-refractivity contribution in [3.63, 3.8) is 0 Å². The van der Waals surface area contributed by atoms with Crippen LogP contribution >= 0.6 is 0 Å². The van der Waals surface area contributed by atoms with Crippen LogP contribution in [0, 0.1) is 0 Å². The molecule has 1 aromatic rings. The van der Waals surface area contributed by atoms with Gasteiger partial charge in [-0.3, -0.25) is 0 Å². The fourth-order valence-electron chi connectivity index (χ4n) is 2.04. The van der Waals surface area contributed by atoms with Gasteiger partial charge in [-0.1, -0.05) is 0 Å². The van der Waals surface area contributed by atoms with E-state index in [2.05, 4.69) is 5.32 Å². The lowest BCUT2D eigenvalue weighted by atomic mass is 10.00. The molecule has 1 atom stereocenters. The molecular formula is C14H24N2O3. The molecule has 0 amide bonds. The third-order valence-electron chi connectivity index (χ3n) is 3.07. The summed E-state index contributed by atoms with van der Waals surface area (Å²) in [5.74, 6) is 2.10. The van der Waals surface area contributed by atoms with Gasteiger partial charge in [0.05, 0.1) is 26.9 Å². The summed E-state index contributed by atoms with van der Waals surface area (Å²) in [7, 11) is 6.79. The molecule has 0 saturated carbocycles. The summed E-state index contributed by atoms with van der Waals surface area (Å²) in [5.41, 5.74) is 7.14. The lowest BCUT2D eigenvalue weighted by Gasteiger charge is -2.20. The molecule has 1 unspecified atom stereocenters. The maximum absolute atomic E-state index is 6.25. The van der Waals surface area contributed by atoms with Crippen LogP contribution in [0.4, 0.5) is 0 Å². The van der Waals surface area contributed by atoms with Crippen LogP contribution in [0.5, 0.6) is 17.2 Å². The molecule has 0 radical (unpaired) electrons. The van der Waals surface area contributed by atoms with E-state index in [1.807, 2.05) is 19.2 Å². The molecule has 1 aromatic carbocycles. The quantitative estimate of drug-likeness (QED) is 0.703. The molecule has 0 aromatic heterocycles. The first kappa shape index (κ1) is 15.6. The van der Waals surface area contributed by atoms with Crippen molar-refractivity contribution < 1.29 is 14.2 Å². The van der Waals surface area contributed by atoms with Gasteiger partial charge in [0.15, 0.2) is 0 Å². The van der Waals surface area contributed by atoms with E-state index in [1.165, 1.54) is 0 Å². The number of nitrogens with one attached hydrogen (secondary N) is 1. The van der Waals surface area contributed by atoms with Crippen molar-refractivity contribution in [2.24, 2.45) is 5.73 Å². The Morgan fingerprint density at radius 1 is 1.11 bits per heavy atom. The summed E-state index contributed by atoms with van der Waals surface area (Å²) in [6.45, 7) is 0.939. The van der Waals surface area contributed by atoms with E-state index in [4.69, 9.17) is 19.9 Å².